The minimum Gasteiger partial charge on any atom is -0.393 e. The van der Waals surface area contributed by atoms with Gasteiger partial charge < -0.3 is 14.4 Å². The summed E-state index contributed by atoms with van der Waals surface area (Å²) < 4.78 is 7.19. The normalized spacial score (nSPS) is 14.2. The van der Waals surface area contributed by atoms with Crippen molar-refractivity contribution in [3.05, 3.63) is 18.2 Å². The van der Waals surface area contributed by atoms with Gasteiger partial charge in [0.15, 0.2) is 0 Å². The van der Waals surface area contributed by atoms with Crippen molar-refractivity contribution in [3.63, 3.8) is 0 Å². The van der Waals surface area contributed by atoms with Gasteiger partial charge in [0.1, 0.15) is 5.82 Å². The Bertz CT molecular complexity index is 307. The smallest absolute Gasteiger partial charge is 0.110 e. The van der Waals surface area contributed by atoms with E-state index < -0.39 is 6.10 Å². The van der Waals surface area contributed by atoms with Crippen LogP contribution in [0.15, 0.2) is 12.4 Å². The van der Waals surface area contributed by atoms with Gasteiger partial charge in [0, 0.05) is 39.4 Å². The van der Waals surface area contributed by atoms with E-state index in [9.17, 15) is 5.11 Å². The van der Waals surface area contributed by atoms with Crippen LogP contribution < -0.4 is 0 Å². The molecule has 1 heterocycles. The number of nitrogens with zero attached hydrogens (tertiary/aromatic N) is 2. The average Bonchev–Trinajstić information content (AvgIpc) is 2.51. The summed E-state index contributed by atoms with van der Waals surface area (Å²) in [6, 6.07) is 0. The van der Waals surface area contributed by atoms with E-state index in [1.165, 1.54) is 0 Å². The minimum atomic E-state index is -0.416. The van der Waals surface area contributed by atoms with Crippen LogP contribution in [-0.2, 0) is 18.2 Å². The monoisotopic (exact) mass is 212 g/mol. The molecule has 86 valence electrons. The van der Waals surface area contributed by atoms with Gasteiger partial charge in [0.25, 0.3) is 0 Å². The number of hydrogen-bond acceptors (Lipinski definition) is 3. The number of ether oxygens (including phenoxy) is 1. The number of aromatic nitrogens is 2. The first kappa shape index (κ1) is 12.2. The van der Waals surface area contributed by atoms with Gasteiger partial charge >= 0.3 is 0 Å². The Morgan fingerprint density at radius 3 is 2.73 bits per heavy atom. The molecule has 0 aliphatic heterocycles. The van der Waals surface area contributed by atoms with E-state index in [0.29, 0.717) is 12.8 Å². The molecule has 0 spiro atoms. The fourth-order valence-electron chi connectivity index (χ4n) is 1.53. The maximum atomic E-state index is 9.88. The molecule has 1 unspecified atom stereocenters. The molecule has 1 atom stereocenters. The van der Waals surface area contributed by atoms with Gasteiger partial charge in [-0.25, -0.2) is 4.98 Å². The van der Waals surface area contributed by atoms with Crippen LogP contribution in [0.2, 0.25) is 0 Å². The van der Waals surface area contributed by atoms with Crippen molar-refractivity contribution < 1.29 is 9.84 Å². The third-order valence-corrected chi connectivity index (χ3v) is 2.62. The Balaban J connectivity index is 2.50. The van der Waals surface area contributed by atoms with E-state index in [1.807, 2.05) is 31.7 Å². The van der Waals surface area contributed by atoms with E-state index in [-0.39, 0.29) is 5.60 Å². The molecule has 1 aromatic heterocycles. The highest BCUT2D eigenvalue weighted by Gasteiger charge is 2.22. The Hall–Kier alpha value is -0.870. The van der Waals surface area contributed by atoms with Crippen LogP contribution in [0.1, 0.15) is 26.1 Å². The fraction of sp³-hybridized carbons (Fsp3) is 0.727. The maximum absolute atomic E-state index is 9.88. The first-order valence-electron chi connectivity index (χ1n) is 5.14. The summed E-state index contributed by atoms with van der Waals surface area (Å²) in [5.41, 5.74) is -0.287. The lowest BCUT2D eigenvalue weighted by atomic mass is 9.98. The molecule has 15 heavy (non-hydrogen) atoms. The second-order valence-electron chi connectivity index (χ2n) is 4.48. The largest absolute Gasteiger partial charge is 0.393 e. The lowest BCUT2D eigenvalue weighted by Gasteiger charge is -2.25. The summed E-state index contributed by atoms with van der Waals surface area (Å²) in [6.45, 7) is 3.93. The molecule has 1 N–H and O–H groups in total. The van der Waals surface area contributed by atoms with Crippen LogP contribution >= 0.6 is 0 Å². The molecule has 0 saturated heterocycles. The van der Waals surface area contributed by atoms with Gasteiger partial charge in [-0.15, -0.1) is 0 Å². The van der Waals surface area contributed by atoms with Crippen molar-refractivity contribution in [2.45, 2.75) is 38.4 Å². The standard InChI is InChI=1S/C11H20N2O2/c1-11(2,15-4)8-9(14)7-10-12-5-6-13(10)3/h5-6,9,14H,7-8H2,1-4H3. The number of aryl methyl sites for hydroxylation is 1. The SMILES string of the molecule is COC(C)(C)CC(O)Cc1nccn1C. The number of aliphatic hydroxyl groups is 1. The lowest BCUT2D eigenvalue weighted by Crippen LogP contribution is -2.30. The third kappa shape index (κ3) is 3.64. The van der Waals surface area contributed by atoms with E-state index in [2.05, 4.69) is 4.98 Å². The van der Waals surface area contributed by atoms with Crippen molar-refractivity contribution in [2.75, 3.05) is 7.11 Å². The number of rotatable bonds is 5. The molecular formula is C11H20N2O2. The Labute approximate surface area is 90.9 Å². The first-order chi connectivity index (χ1) is 6.94. The third-order valence-electron chi connectivity index (χ3n) is 2.62. The summed E-state index contributed by atoms with van der Waals surface area (Å²) in [4.78, 5) is 4.17. The number of hydrogen-bond donors (Lipinski definition) is 1. The predicted octanol–water partition coefficient (Wildman–Crippen LogP) is 1.14. The van der Waals surface area contributed by atoms with Crippen LogP contribution in [0.25, 0.3) is 0 Å². The molecule has 0 fully saturated rings. The highest BCUT2D eigenvalue weighted by molar-refractivity contribution is 4.93. The maximum Gasteiger partial charge on any atom is 0.110 e. The Morgan fingerprint density at radius 1 is 1.60 bits per heavy atom. The zero-order valence-electron chi connectivity index (χ0n) is 9.90. The second-order valence-corrected chi connectivity index (χ2v) is 4.48. The Morgan fingerprint density at radius 2 is 2.27 bits per heavy atom. The summed E-state index contributed by atoms with van der Waals surface area (Å²) >= 11 is 0. The van der Waals surface area contributed by atoms with E-state index in [0.717, 1.165) is 5.82 Å². The van der Waals surface area contributed by atoms with Crippen molar-refractivity contribution in [1.82, 2.24) is 9.55 Å². The molecule has 0 amide bonds. The molecule has 1 aromatic rings. The summed E-state index contributed by atoms with van der Waals surface area (Å²) in [5, 5.41) is 9.88. The van der Waals surface area contributed by atoms with Gasteiger partial charge in [0.2, 0.25) is 0 Å². The van der Waals surface area contributed by atoms with E-state index in [1.54, 1.807) is 13.3 Å². The summed E-state index contributed by atoms with van der Waals surface area (Å²) in [7, 11) is 3.59. The van der Waals surface area contributed by atoms with Gasteiger partial charge in [-0.2, -0.15) is 0 Å². The van der Waals surface area contributed by atoms with Crippen molar-refractivity contribution >= 4 is 0 Å². The molecule has 4 nitrogen and oxygen atoms in total. The highest BCUT2D eigenvalue weighted by atomic mass is 16.5. The summed E-state index contributed by atoms with van der Waals surface area (Å²) in [6.07, 6.45) is 4.38. The first-order valence-corrected chi connectivity index (χ1v) is 5.14. The molecule has 0 aromatic carbocycles. The average molecular weight is 212 g/mol. The molecule has 0 bridgehead atoms. The van der Waals surface area contributed by atoms with Crippen LogP contribution in [0, 0.1) is 0 Å². The Kier molecular flexibility index (Phi) is 3.88. The molecule has 0 saturated carbocycles. The lowest BCUT2D eigenvalue weighted by molar-refractivity contribution is -0.0195. The highest BCUT2D eigenvalue weighted by Crippen LogP contribution is 2.17. The molecule has 4 heteroatoms. The molecule has 0 aliphatic rings. The fourth-order valence-corrected chi connectivity index (χ4v) is 1.53. The van der Waals surface area contributed by atoms with Crippen LogP contribution in [-0.4, -0.2) is 33.5 Å². The number of methoxy groups -OCH3 is 1. The van der Waals surface area contributed by atoms with Crippen LogP contribution in [0.5, 0.6) is 0 Å². The predicted molar refractivity (Wildman–Crippen MR) is 58.6 cm³/mol. The minimum absolute atomic E-state index is 0.287. The van der Waals surface area contributed by atoms with Crippen LogP contribution in [0.4, 0.5) is 0 Å². The molecule has 1 rings (SSSR count). The van der Waals surface area contributed by atoms with Gasteiger partial charge in [-0.1, -0.05) is 0 Å². The quantitative estimate of drug-likeness (QED) is 0.796. The van der Waals surface area contributed by atoms with Gasteiger partial charge in [-0.05, 0) is 13.8 Å². The van der Waals surface area contributed by atoms with Crippen molar-refractivity contribution in [2.24, 2.45) is 7.05 Å². The van der Waals surface area contributed by atoms with E-state index in [4.69, 9.17) is 4.74 Å². The van der Waals surface area contributed by atoms with E-state index >= 15 is 0 Å². The molecule has 0 aliphatic carbocycles. The van der Waals surface area contributed by atoms with Crippen LogP contribution in [0.3, 0.4) is 0 Å². The second kappa shape index (κ2) is 4.77. The molecule has 0 radical (unpaired) electrons. The van der Waals surface area contributed by atoms with Gasteiger partial charge in [-0.3, -0.25) is 0 Å². The van der Waals surface area contributed by atoms with Crippen molar-refractivity contribution in [1.29, 1.82) is 0 Å². The van der Waals surface area contributed by atoms with Crippen molar-refractivity contribution in [3.8, 4) is 0 Å². The summed E-state index contributed by atoms with van der Waals surface area (Å²) in [5.74, 6) is 0.898. The molecular weight excluding hydrogens is 192 g/mol. The zero-order chi connectivity index (χ0) is 11.5. The zero-order valence-corrected chi connectivity index (χ0v) is 9.90. The number of aliphatic hydroxyl groups excluding tert-OH is 1. The topological polar surface area (TPSA) is 47.3 Å². The van der Waals surface area contributed by atoms with Gasteiger partial charge in [0.05, 0.1) is 11.7 Å². The number of imidazole rings is 1.